The fourth-order valence-corrected chi connectivity index (χ4v) is 3.91. The number of carbonyl (C=O) groups excluding carboxylic acids is 2. The van der Waals surface area contributed by atoms with E-state index in [0.29, 0.717) is 39.0 Å². The number of nitrogens with zero attached hydrogens (tertiary/aromatic N) is 5. The molecule has 0 aliphatic carbocycles. The first-order chi connectivity index (χ1) is 12.6. The number of rotatable bonds is 4. The summed E-state index contributed by atoms with van der Waals surface area (Å²) in [5.41, 5.74) is 6.67. The Kier molecular flexibility index (Phi) is 4.42. The molecule has 1 fully saturated rings. The molecule has 2 aromatic rings. The molecule has 2 atom stereocenters. The Hall–Kier alpha value is -2.74. The Morgan fingerprint density at radius 2 is 1.88 bits per heavy atom. The van der Waals surface area contributed by atoms with E-state index in [1.165, 1.54) is 6.33 Å². The third-order valence-corrected chi connectivity index (χ3v) is 5.26. The van der Waals surface area contributed by atoms with E-state index in [-0.39, 0.29) is 17.9 Å². The molecule has 1 aromatic heterocycles. The van der Waals surface area contributed by atoms with Crippen molar-refractivity contribution in [1.82, 2.24) is 24.6 Å². The van der Waals surface area contributed by atoms with E-state index in [0.717, 1.165) is 11.4 Å². The van der Waals surface area contributed by atoms with E-state index in [4.69, 9.17) is 5.73 Å². The summed E-state index contributed by atoms with van der Waals surface area (Å²) in [4.78, 5) is 33.1. The minimum absolute atomic E-state index is 0.0407. The first-order valence-electron chi connectivity index (χ1n) is 8.88. The molecule has 0 unspecified atom stereocenters. The van der Waals surface area contributed by atoms with Gasteiger partial charge in [0.25, 0.3) is 0 Å². The average molecular weight is 354 g/mol. The van der Waals surface area contributed by atoms with Crippen LogP contribution in [0.2, 0.25) is 0 Å². The van der Waals surface area contributed by atoms with Crippen LogP contribution in [0, 0.1) is 0 Å². The summed E-state index contributed by atoms with van der Waals surface area (Å²) in [5, 5.41) is 4.15. The Morgan fingerprint density at radius 3 is 2.65 bits per heavy atom. The van der Waals surface area contributed by atoms with Crippen LogP contribution in [0.5, 0.6) is 0 Å². The van der Waals surface area contributed by atoms with Crippen LogP contribution in [0.1, 0.15) is 24.2 Å². The second-order valence-electron chi connectivity index (χ2n) is 6.83. The van der Waals surface area contributed by atoms with Crippen LogP contribution in [-0.2, 0) is 29.2 Å². The van der Waals surface area contributed by atoms with Crippen molar-refractivity contribution >= 4 is 11.8 Å². The highest BCUT2D eigenvalue weighted by Crippen LogP contribution is 2.28. The molecule has 1 aromatic carbocycles. The molecule has 3 heterocycles. The molecule has 8 heteroatoms. The normalized spacial score (nSPS) is 23.0. The van der Waals surface area contributed by atoms with Crippen LogP contribution in [0.3, 0.4) is 0 Å². The van der Waals surface area contributed by atoms with Crippen LogP contribution >= 0.6 is 0 Å². The lowest BCUT2D eigenvalue weighted by atomic mass is 10.1. The van der Waals surface area contributed by atoms with Gasteiger partial charge in [0.05, 0.1) is 25.2 Å². The zero-order chi connectivity index (χ0) is 18.1. The molecule has 4 rings (SSSR count). The van der Waals surface area contributed by atoms with E-state index in [1.807, 2.05) is 44.8 Å². The average Bonchev–Trinajstić information content (AvgIpc) is 3.28. The van der Waals surface area contributed by atoms with Gasteiger partial charge >= 0.3 is 0 Å². The van der Waals surface area contributed by atoms with Gasteiger partial charge in [-0.2, -0.15) is 5.10 Å². The fourth-order valence-electron chi connectivity index (χ4n) is 3.91. The topological polar surface area (TPSA) is 97.4 Å². The summed E-state index contributed by atoms with van der Waals surface area (Å²) >= 11 is 0. The molecule has 0 saturated carbocycles. The van der Waals surface area contributed by atoms with Gasteiger partial charge in [0, 0.05) is 13.1 Å². The zero-order valence-electron chi connectivity index (χ0n) is 14.5. The predicted molar refractivity (Wildman–Crippen MR) is 93.4 cm³/mol. The van der Waals surface area contributed by atoms with Gasteiger partial charge in [-0.05, 0) is 18.4 Å². The SMILES string of the molecule is NC(=O)[C@@H]1CC[C@H](C(=O)N2CCn3ncnc3C2)N1Cc1ccccc1. The van der Waals surface area contributed by atoms with Gasteiger partial charge in [-0.25, -0.2) is 9.67 Å². The van der Waals surface area contributed by atoms with Gasteiger partial charge in [-0.1, -0.05) is 30.3 Å². The van der Waals surface area contributed by atoms with Crippen molar-refractivity contribution in [2.24, 2.45) is 5.73 Å². The first-order valence-corrected chi connectivity index (χ1v) is 8.88. The Bertz CT molecular complexity index is 805. The number of hydrogen-bond donors (Lipinski definition) is 1. The Labute approximate surface area is 151 Å². The molecular formula is C18H22N6O2. The number of benzene rings is 1. The predicted octanol–water partition coefficient (Wildman–Crippen LogP) is 0.139. The van der Waals surface area contributed by atoms with Crippen molar-refractivity contribution in [3.8, 4) is 0 Å². The largest absolute Gasteiger partial charge is 0.368 e. The van der Waals surface area contributed by atoms with Crippen molar-refractivity contribution in [2.45, 2.75) is 44.6 Å². The highest BCUT2D eigenvalue weighted by molar-refractivity contribution is 5.86. The second-order valence-corrected chi connectivity index (χ2v) is 6.83. The van der Waals surface area contributed by atoms with Crippen molar-refractivity contribution in [3.63, 3.8) is 0 Å². The number of carbonyl (C=O) groups is 2. The molecule has 1 saturated heterocycles. The van der Waals surface area contributed by atoms with Crippen LogP contribution < -0.4 is 5.73 Å². The lowest BCUT2D eigenvalue weighted by Crippen LogP contribution is -2.51. The van der Waals surface area contributed by atoms with Gasteiger partial charge in [0.15, 0.2) is 0 Å². The Morgan fingerprint density at radius 1 is 1.12 bits per heavy atom. The molecule has 8 nitrogen and oxygen atoms in total. The molecule has 2 N–H and O–H groups in total. The maximum Gasteiger partial charge on any atom is 0.240 e. The smallest absolute Gasteiger partial charge is 0.240 e. The molecule has 2 aliphatic heterocycles. The fraction of sp³-hybridized carbons (Fsp3) is 0.444. The minimum Gasteiger partial charge on any atom is -0.368 e. The van der Waals surface area contributed by atoms with Gasteiger partial charge in [-0.3, -0.25) is 14.5 Å². The highest BCUT2D eigenvalue weighted by Gasteiger charge is 2.42. The van der Waals surface area contributed by atoms with E-state index in [1.54, 1.807) is 0 Å². The molecule has 2 amide bonds. The molecule has 26 heavy (non-hydrogen) atoms. The van der Waals surface area contributed by atoms with Gasteiger partial charge in [0.1, 0.15) is 12.2 Å². The standard InChI is InChI=1S/C18H22N6O2/c19-17(25)14-6-7-15(23(14)10-13-4-2-1-3-5-13)18(26)22-8-9-24-16(11-22)20-12-21-24/h1-5,12,14-15H,6-11H2,(H2,19,25)/t14-,15+/m0/s1. The first kappa shape index (κ1) is 16.7. The lowest BCUT2D eigenvalue weighted by Gasteiger charge is -2.33. The van der Waals surface area contributed by atoms with Crippen molar-refractivity contribution in [1.29, 1.82) is 0 Å². The summed E-state index contributed by atoms with van der Waals surface area (Å²) in [6.07, 6.45) is 2.77. The van der Waals surface area contributed by atoms with Crippen molar-refractivity contribution in [2.75, 3.05) is 6.54 Å². The van der Waals surface area contributed by atoms with E-state index >= 15 is 0 Å². The number of primary amides is 1. The number of hydrogen-bond acceptors (Lipinski definition) is 5. The molecule has 136 valence electrons. The molecule has 0 radical (unpaired) electrons. The maximum absolute atomic E-state index is 13.2. The lowest BCUT2D eigenvalue weighted by molar-refractivity contribution is -0.139. The summed E-state index contributed by atoms with van der Waals surface area (Å²) in [5.74, 6) is 0.470. The van der Waals surface area contributed by atoms with Crippen LogP contribution in [0.4, 0.5) is 0 Å². The third kappa shape index (κ3) is 3.08. The maximum atomic E-state index is 13.2. The van der Waals surface area contributed by atoms with Gasteiger partial charge in [0.2, 0.25) is 11.8 Å². The van der Waals surface area contributed by atoms with Crippen LogP contribution in [0.15, 0.2) is 36.7 Å². The summed E-state index contributed by atoms with van der Waals surface area (Å²) in [7, 11) is 0. The number of fused-ring (bicyclic) bond motifs is 1. The molecular weight excluding hydrogens is 332 g/mol. The van der Waals surface area contributed by atoms with Crippen molar-refractivity contribution in [3.05, 3.63) is 48.0 Å². The van der Waals surface area contributed by atoms with Crippen molar-refractivity contribution < 1.29 is 9.59 Å². The van der Waals surface area contributed by atoms with Crippen LogP contribution in [-0.4, -0.2) is 55.0 Å². The number of nitrogens with two attached hydrogens (primary N) is 1. The molecule has 0 bridgehead atoms. The molecule has 0 spiro atoms. The summed E-state index contributed by atoms with van der Waals surface area (Å²) < 4.78 is 1.83. The Balaban J connectivity index is 1.53. The van der Waals surface area contributed by atoms with E-state index < -0.39 is 6.04 Å². The zero-order valence-corrected chi connectivity index (χ0v) is 14.5. The second kappa shape index (κ2) is 6.87. The van der Waals surface area contributed by atoms with E-state index in [2.05, 4.69) is 10.1 Å². The highest BCUT2D eigenvalue weighted by atomic mass is 16.2. The summed E-state index contributed by atoms with van der Waals surface area (Å²) in [6, 6.07) is 9.13. The van der Waals surface area contributed by atoms with Gasteiger partial charge in [-0.15, -0.1) is 0 Å². The molecule has 2 aliphatic rings. The van der Waals surface area contributed by atoms with Crippen LogP contribution in [0.25, 0.3) is 0 Å². The monoisotopic (exact) mass is 354 g/mol. The van der Waals surface area contributed by atoms with Gasteiger partial charge < -0.3 is 10.6 Å². The number of amides is 2. The third-order valence-electron chi connectivity index (χ3n) is 5.26. The number of aromatic nitrogens is 3. The van der Waals surface area contributed by atoms with E-state index in [9.17, 15) is 9.59 Å². The minimum atomic E-state index is -0.405. The number of likely N-dealkylation sites (tertiary alicyclic amines) is 1. The quantitative estimate of drug-likeness (QED) is 0.842. The summed E-state index contributed by atoms with van der Waals surface area (Å²) in [6.45, 7) is 2.24.